The van der Waals surface area contributed by atoms with Crippen LogP contribution in [0, 0.1) is 17.8 Å². The van der Waals surface area contributed by atoms with Gasteiger partial charge in [-0.3, -0.25) is 4.79 Å². The smallest absolute Gasteiger partial charge is 0.303 e. The molecule has 0 spiro atoms. The summed E-state index contributed by atoms with van der Waals surface area (Å²) < 4.78 is 28.0. The second-order valence-corrected chi connectivity index (χ2v) is 9.89. The van der Waals surface area contributed by atoms with E-state index in [0.717, 1.165) is 51.4 Å². The molecule has 2 fully saturated rings. The average molecular weight is 386 g/mol. The van der Waals surface area contributed by atoms with Crippen molar-refractivity contribution in [2.75, 3.05) is 5.75 Å². The van der Waals surface area contributed by atoms with Crippen LogP contribution in [0.4, 0.5) is 0 Å². The maximum Gasteiger partial charge on any atom is 0.303 e. The van der Waals surface area contributed by atoms with E-state index in [2.05, 4.69) is 23.8 Å². The zero-order valence-electron chi connectivity index (χ0n) is 16.0. The van der Waals surface area contributed by atoms with E-state index < -0.39 is 16.0 Å². The molecular weight excluding hydrogens is 350 g/mol. The maximum atomic E-state index is 12.5. The summed E-state index contributed by atoms with van der Waals surface area (Å²) in [5, 5.41) is 8.66. The maximum absolute atomic E-state index is 12.5. The van der Waals surface area contributed by atoms with Gasteiger partial charge in [0.1, 0.15) is 0 Å². The molecule has 6 heteroatoms. The van der Waals surface area contributed by atoms with E-state index in [-0.39, 0.29) is 18.2 Å². The Labute approximate surface area is 158 Å². The van der Waals surface area contributed by atoms with Crippen LogP contribution in [0.5, 0.6) is 0 Å². The van der Waals surface area contributed by atoms with Crippen LogP contribution >= 0.6 is 0 Å². The lowest BCUT2D eigenvalue weighted by molar-refractivity contribution is -0.137. The van der Waals surface area contributed by atoms with Gasteiger partial charge in [0.05, 0.1) is 5.75 Å². The zero-order valence-corrected chi connectivity index (χ0v) is 16.8. The number of carboxylic acid groups (broad SMARTS) is 1. The summed E-state index contributed by atoms with van der Waals surface area (Å²) >= 11 is 0. The molecule has 2 aliphatic carbocycles. The van der Waals surface area contributed by atoms with Crippen LogP contribution in [-0.2, 0) is 14.8 Å². The van der Waals surface area contributed by atoms with Gasteiger partial charge < -0.3 is 5.11 Å². The van der Waals surface area contributed by atoms with Gasteiger partial charge in [0.2, 0.25) is 10.0 Å². The highest BCUT2D eigenvalue weighted by Gasteiger charge is 2.47. The standard InChI is InChI=1S/C20H35NO4S/c1-2-3-4-9-14-26(24,25)21-20-17-13-12-16(15-17)18(20)10-7-5-6-8-11-19(22)23/h5,7,16-18,20-21H,2-4,6,8-15H2,1H3,(H,22,23)/b7-5+. The highest BCUT2D eigenvalue weighted by Crippen LogP contribution is 2.50. The predicted molar refractivity (Wildman–Crippen MR) is 104 cm³/mol. The summed E-state index contributed by atoms with van der Waals surface area (Å²) in [5.74, 6) is 1.03. The number of fused-ring (bicyclic) bond motifs is 2. The highest BCUT2D eigenvalue weighted by molar-refractivity contribution is 7.89. The molecule has 2 saturated carbocycles. The van der Waals surface area contributed by atoms with E-state index in [4.69, 9.17) is 5.11 Å². The Bertz CT molecular complexity index is 572. The first-order valence-corrected chi connectivity index (χ1v) is 11.9. The second kappa shape index (κ2) is 10.5. The van der Waals surface area contributed by atoms with E-state index >= 15 is 0 Å². The lowest BCUT2D eigenvalue weighted by Crippen LogP contribution is -2.44. The molecule has 0 aromatic rings. The third-order valence-corrected chi connectivity index (χ3v) is 7.46. The van der Waals surface area contributed by atoms with E-state index in [9.17, 15) is 13.2 Å². The minimum Gasteiger partial charge on any atom is -0.481 e. The summed E-state index contributed by atoms with van der Waals surface area (Å²) in [5.41, 5.74) is 0. The van der Waals surface area contributed by atoms with Gasteiger partial charge in [-0.25, -0.2) is 13.1 Å². The molecule has 2 rings (SSSR count). The first-order chi connectivity index (χ1) is 12.4. The van der Waals surface area contributed by atoms with Crippen LogP contribution in [-0.4, -0.2) is 31.3 Å². The first kappa shape index (κ1) is 21.4. The molecule has 2 N–H and O–H groups in total. The number of hydrogen-bond donors (Lipinski definition) is 2. The van der Waals surface area contributed by atoms with E-state index in [0.29, 0.717) is 24.2 Å². The van der Waals surface area contributed by atoms with Crippen LogP contribution in [0.25, 0.3) is 0 Å². The Balaban J connectivity index is 1.82. The third-order valence-electron chi connectivity index (χ3n) is 6.01. The fraction of sp³-hybridized carbons (Fsp3) is 0.850. The van der Waals surface area contributed by atoms with Crippen molar-refractivity contribution in [1.29, 1.82) is 0 Å². The average Bonchev–Trinajstić information content (AvgIpc) is 3.16. The fourth-order valence-electron chi connectivity index (χ4n) is 4.66. The number of sulfonamides is 1. The molecule has 4 unspecified atom stereocenters. The summed E-state index contributed by atoms with van der Waals surface area (Å²) in [4.78, 5) is 10.5. The molecular formula is C20H35NO4S. The minimum absolute atomic E-state index is 0.0913. The van der Waals surface area contributed by atoms with Crippen LogP contribution in [0.15, 0.2) is 12.2 Å². The summed E-state index contributed by atoms with van der Waals surface area (Å²) in [6, 6.07) is 0.0913. The molecule has 2 bridgehead atoms. The predicted octanol–water partition coefficient (Wildman–Crippen LogP) is 4.10. The van der Waals surface area contributed by atoms with Crippen molar-refractivity contribution >= 4 is 16.0 Å². The normalized spacial score (nSPS) is 28.2. The number of hydrogen-bond acceptors (Lipinski definition) is 3. The zero-order chi connectivity index (χ0) is 19.0. The molecule has 0 aromatic carbocycles. The summed E-state index contributed by atoms with van der Waals surface area (Å²) in [6.07, 6.45) is 14.2. The SMILES string of the molecule is CCCCCCS(=O)(=O)NC1C2CCC(C2)C1C/C=C/CCCC(=O)O. The summed E-state index contributed by atoms with van der Waals surface area (Å²) in [7, 11) is -3.19. The van der Waals surface area contributed by atoms with Gasteiger partial charge in [0.25, 0.3) is 0 Å². The topological polar surface area (TPSA) is 83.5 Å². The molecule has 0 heterocycles. The van der Waals surface area contributed by atoms with Gasteiger partial charge in [-0.05, 0) is 62.7 Å². The van der Waals surface area contributed by atoms with Gasteiger partial charge in [-0.15, -0.1) is 0 Å². The van der Waals surface area contributed by atoms with Crippen molar-refractivity contribution < 1.29 is 18.3 Å². The van der Waals surface area contributed by atoms with Crippen LogP contribution in [0.3, 0.4) is 0 Å². The van der Waals surface area contributed by atoms with Crippen molar-refractivity contribution in [1.82, 2.24) is 4.72 Å². The lowest BCUT2D eigenvalue weighted by Gasteiger charge is -2.31. The van der Waals surface area contributed by atoms with Crippen LogP contribution in [0.2, 0.25) is 0 Å². The number of carboxylic acids is 1. The Morgan fingerprint density at radius 3 is 2.62 bits per heavy atom. The van der Waals surface area contributed by atoms with Crippen LogP contribution < -0.4 is 4.72 Å². The Morgan fingerprint density at radius 1 is 1.12 bits per heavy atom. The van der Waals surface area contributed by atoms with E-state index in [1.807, 2.05) is 0 Å². The number of aliphatic carboxylic acids is 1. The molecule has 26 heavy (non-hydrogen) atoms. The van der Waals surface area contributed by atoms with Crippen molar-refractivity contribution in [3.8, 4) is 0 Å². The Morgan fingerprint density at radius 2 is 1.88 bits per heavy atom. The number of allylic oxidation sites excluding steroid dienone is 2. The summed E-state index contributed by atoms with van der Waals surface area (Å²) in [6.45, 7) is 2.13. The molecule has 0 radical (unpaired) electrons. The molecule has 0 aromatic heterocycles. The molecule has 0 amide bonds. The van der Waals surface area contributed by atoms with Gasteiger partial charge in [-0.1, -0.05) is 38.3 Å². The second-order valence-electron chi connectivity index (χ2n) is 8.01. The molecule has 5 nitrogen and oxygen atoms in total. The van der Waals surface area contributed by atoms with Crippen molar-refractivity contribution in [3.05, 3.63) is 12.2 Å². The third kappa shape index (κ3) is 6.69. The van der Waals surface area contributed by atoms with E-state index in [1.54, 1.807) is 0 Å². The van der Waals surface area contributed by atoms with E-state index in [1.165, 1.54) is 6.42 Å². The number of carbonyl (C=O) groups is 1. The van der Waals surface area contributed by atoms with Gasteiger partial charge in [0.15, 0.2) is 0 Å². The molecule has 2 aliphatic rings. The minimum atomic E-state index is -3.19. The van der Waals surface area contributed by atoms with Crippen molar-refractivity contribution in [3.63, 3.8) is 0 Å². The lowest BCUT2D eigenvalue weighted by atomic mass is 9.83. The fourth-order valence-corrected chi connectivity index (χ4v) is 6.14. The monoisotopic (exact) mass is 385 g/mol. The first-order valence-electron chi connectivity index (χ1n) is 10.3. The Hall–Kier alpha value is -0.880. The molecule has 0 saturated heterocycles. The van der Waals surface area contributed by atoms with Crippen molar-refractivity contribution in [2.45, 2.75) is 83.6 Å². The number of unbranched alkanes of at least 4 members (excludes halogenated alkanes) is 4. The molecule has 0 aliphatic heterocycles. The van der Waals surface area contributed by atoms with Gasteiger partial charge in [-0.2, -0.15) is 0 Å². The van der Waals surface area contributed by atoms with Gasteiger partial charge in [0, 0.05) is 12.5 Å². The molecule has 4 atom stereocenters. The largest absolute Gasteiger partial charge is 0.481 e. The van der Waals surface area contributed by atoms with Gasteiger partial charge >= 0.3 is 5.97 Å². The Kier molecular flexibility index (Phi) is 8.61. The molecule has 150 valence electrons. The highest BCUT2D eigenvalue weighted by atomic mass is 32.2. The quantitative estimate of drug-likeness (QED) is 0.369. The number of nitrogens with one attached hydrogen (secondary N) is 1. The number of rotatable bonds is 13. The van der Waals surface area contributed by atoms with Crippen molar-refractivity contribution in [2.24, 2.45) is 17.8 Å². The van der Waals surface area contributed by atoms with Crippen LogP contribution in [0.1, 0.15) is 77.6 Å².